The van der Waals surface area contributed by atoms with E-state index in [0.717, 1.165) is 5.56 Å². The standard InChI is InChI=1S/C18H12ClNO5/c1-11-6-14(2-4-17(11)19)24-16-8-12(7-13(9-16)20(22)23)18-5-3-15(10-21)25-18/h2-10H,1H3. The molecule has 126 valence electrons. The number of furan rings is 1. The lowest BCUT2D eigenvalue weighted by molar-refractivity contribution is -0.384. The van der Waals surface area contributed by atoms with E-state index in [1.165, 1.54) is 18.2 Å². The molecule has 7 heteroatoms. The Bertz CT molecular complexity index is 964. The molecular weight excluding hydrogens is 346 g/mol. The Labute approximate surface area is 147 Å². The molecule has 25 heavy (non-hydrogen) atoms. The zero-order chi connectivity index (χ0) is 18.0. The van der Waals surface area contributed by atoms with Crippen LogP contribution in [0.4, 0.5) is 5.69 Å². The van der Waals surface area contributed by atoms with Gasteiger partial charge in [0, 0.05) is 16.7 Å². The molecule has 1 aromatic heterocycles. The number of benzene rings is 2. The van der Waals surface area contributed by atoms with Crippen molar-refractivity contribution < 1.29 is 18.9 Å². The van der Waals surface area contributed by atoms with Gasteiger partial charge in [-0.1, -0.05) is 11.6 Å². The average molecular weight is 358 g/mol. The molecule has 0 N–H and O–H groups in total. The minimum absolute atomic E-state index is 0.136. The molecular formula is C18H12ClNO5. The fraction of sp³-hybridized carbons (Fsp3) is 0.0556. The van der Waals surface area contributed by atoms with Crippen LogP contribution in [-0.4, -0.2) is 11.2 Å². The third kappa shape index (κ3) is 3.70. The van der Waals surface area contributed by atoms with Crippen LogP contribution < -0.4 is 4.74 Å². The number of aryl methyl sites for hydroxylation is 1. The Morgan fingerprint density at radius 1 is 1.12 bits per heavy atom. The molecule has 0 amide bonds. The Balaban J connectivity index is 2.01. The summed E-state index contributed by atoms with van der Waals surface area (Å²) in [6.45, 7) is 1.83. The van der Waals surface area contributed by atoms with Gasteiger partial charge in [0.15, 0.2) is 12.0 Å². The summed E-state index contributed by atoms with van der Waals surface area (Å²) >= 11 is 5.99. The normalized spacial score (nSPS) is 10.5. The lowest BCUT2D eigenvalue weighted by Crippen LogP contribution is -1.92. The Morgan fingerprint density at radius 3 is 2.56 bits per heavy atom. The molecule has 2 aromatic carbocycles. The lowest BCUT2D eigenvalue weighted by Gasteiger charge is -2.08. The molecule has 1 heterocycles. The number of rotatable bonds is 5. The van der Waals surface area contributed by atoms with Crippen LogP contribution >= 0.6 is 11.6 Å². The molecule has 0 radical (unpaired) electrons. The Hall–Kier alpha value is -3.12. The first-order valence-electron chi connectivity index (χ1n) is 7.25. The highest BCUT2D eigenvalue weighted by Gasteiger charge is 2.15. The third-order valence-corrected chi connectivity index (χ3v) is 3.92. The minimum Gasteiger partial charge on any atom is -0.457 e. The molecule has 0 saturated carbocycles. The number of aldehydes is 1. The van der Waals surface area contributed by atoms with E-state index < -0.39 is 4.92 Å². The van der Waals surface area contributed by atoms with Crippen molar-refractivity contribution in [3.63, 3.8) is 0 Å². The largest absolute Gasteiger partial charge is 0.457 e. The second kappa shape index (κ2) is 6.78. The monoisotopic (exact) mass is 357 g/mol. The van der Waals surface area contributed by atoms with Crippen molar-refractivity contribution in [3.05, 3.63) is 75.0 Å². The topological polar surface area (TPSA) is 82.6 Å². The summed E-state index contributed by atoms with van der Waals surface area (Å²) in [6, 6.07) is 12.4. The van der Waals surface area contributed by atoms with E-state index in [1.54, 1.807) is 30.3 Å². The van der Waals surface area contributed by atoms with Crippen LogP contribution in [0.15, 0.2) is 52.9 Å². The number of nitro groups is 1. The molecule has 0 fully saturated rings. The minimum atomic E-state index is -0.521. The quantitative estimate of drug-likeness (QED) is 0.346. The molecule has 3 rings (SSSR count). The van der Waals surface area contributed by atoms with Crippen molar-refractivity contribution >= 4 is 23.6 Å². The van der Waals surface area contributed by atoms with Crippen molar-refractivity contribution in [2.24, 2.45) is 0 Å². The molecule has 0 atom stereocenters. The van der Waals surface area contributed by atoms with Crippen molar-refractivity contribution in [1.29, 1.82) is 0 Å². The highest BCUT2D eigenvalue weighted by atomic mass is 35.5. The number of nitrogens with zero attached hydrogens (tertiary/aromatic N) is 1. The van der Waals surface area contributed by atoms with Crippen LogP contribution in [0.25, 0.3) is 11.3 Å². The number of hydrogen-bond acceptors (Lipinski definition) is 5. The molecule has 0 unspecified atom stereocenters. The van der Waals surface area contributed by atoms with Gasteiger partial charge in [-0.15, -0.1) is 0 Å². The number of carbonyl (C=O) groups excluding carboxylic acids is 1. The summed E-state index contributed by atoms with van der Waals surface area (Å²) in [6.07, 6.45) is 0.564. The van der Waals surface area contributed by atoms with Crippen LogP contribution in [0, 0.1) is 17.0 Å². The third-order valence-electron chi connectivity index (χ3n) is 3.49. The first kappa shape index (κ1) is 16.7. The van der Waals surface area contributed by atoms with Gasteiger partial charge in [-0.2, -0.15) is 0 Å². The van der Waals surface area contributed by atoms with Gasteiger partial charge in [-0.05, 0) is 48.9 Å². The van der Waals surface area contributed by atoms with E-state index in [2.05, 4.69) is 0 Å². The van der Waals surface area contributed by atoms with Gasteiger partial charge in [0.05, 0.1) is 11.0 Å². The van der Waals surface area contributed by atoms with Crippen LogP contribution in [-0.2, 0) is 0 Å². The maximum atomic E-state index is 11.2. The van der Waals surface area contributed by atoms with E-state index in [9.17, 15) is 14.9 Å². The smallest absolute Gasteiger partial charge is 0.273 e. The average Bonchev–Trinajstić information content (AvgIpc) is 3.07. The molecule has 0 spiro atoms. The van der Waals surface area contributed by atoms with Crippen LogP contribution in [0.2, 0.25) is 5.02 Å². The van der Waals surface area contributed by atoms with Gasteiger partial charge in [0.1, 0.15) is 17.3 Å². The molecule has 6 nitrogen and oxygen atoms in total. The number of non-ortho nitro benzene ring substituents is 1. The lowest BCUT2D eigenvalue weighted by atomic mass is 10.1. The summed E-state index contributed by atoms with van der Waals surface area (Å²) < 4.78 is 11.1. The van der Waals surface area contributed by atoms with Crippen molar-refractivity contribution in [1.82, 2.24) is 0 Å². The predicted octanol–water partition coefficient (Wildman–Crippen LogP) is 5.42. The molecule has 0 bridgehead atoms. The molecule has 0 saturated heterocycles. The van der Waals surface area contributed by atoms with Gasteiger partial charge in [0.2, 0.25) is 0 Å². The molecule has 0 aliphatic carbocycles. The SMILES string of the molecule is Cc1cc(Oc2cc(-c3ccc(C=O)o3)cc([N+](=O)[O-])c2)ccc1Cl. The summed E-state index contributed by atoms with van der Waals surface area (Å²) in [5.74, 6) is 1.25. The number of nitro benzene ring substituents is 1. The highest BCUT2D eigenvalue weighted by molar-refractivity contribution is 6.31. The van der Waals surface area contributed by atoms with Gasteiger partial charge < -0.3 is 9.15 Å². The summed E-state index contributed by atoms with van der Waals surface area (Å²) in [5, 5.41) is 11.8. The van der Waals surface area contributed by atoms with Gasteiger partial charge in [0.25, 0.3) is 5.69 Å². The fourth-order valence-electron chi connectivity index (χ4n) is 2.28. The van der Waals surface area contributed by atoms with E-state index in [0.29, 0.717) is 28.4 Å². The van der Waals surface area contributed by atoms with Crippen LogP contribution in [0.1, 0.15) is 16.1 Å². The van der Waals surface area contributed by atoms with E-state index in [-0.39, 0.29) is 17.2 Å². The van der Waals surface area contributed by atoms with E-state index in [4.69, 9.17) is 20.8 Å². The number of hydrogen-bond donors (Lipinski definition) is 0. The fourth-order valence-corrected chi connectivity index (χ4v) is 2.40. The Morgan fingerprint density at radius 2 is 1.92 bits per heavy atom. The molecule has 0 aliphatic rings. The highest BCUT2D eigenvalue weighted by Crippen LogP contribution is 2.33. The van der Waals surface area contributed by atoms with E-state index >= 15 is 0 Å². The first-order valence-corrected chi connectivity index (χ1v) is 7.63. The van der Waals surface area contributed by atoms with Gasteiger partial charge >= 0.3 is 0 Å². The summed E-state index contributed by atoms with van der Waals surface area (Å²) in [5.41, 5.74) is 1.11. The molecule has 0 aliphatic heterocycles. The van der Waals surface area contributed by atoms with Crippen molar-refractivity contribution in [2.75, 3.05) is 0 Å². The number of ether oxygens (including phenoxy) is 1. The zero-order valence-corrected chi connectivity index (χ0v) is 13.8. The maximum absolute atomic E-state index is 11.2. The van der Waals surface area contributed by atoms with Crippen molar-refractivity contribution in [3.8, 4) is 22.8 Å². The predicted molar refractivity (Wildman–Crippen MR) is 92.4 cm³/mol. The number of halogens is 1. The van der Waals surface area contributed by atoms with Crippen molar-refractivity contribution in [2.45, 2.75) is 6.92 Å². The number of carbonyl (C=O) groups is 1. The van der Waals surface area contributed by atoms with Crippen LogP contribution in [0.5, 0.6) is 11.5 Å². The zero-order valence-electron chi connectivity index (χ0n) is 13.1. The first-order chi connectivity index (χ1) is 12.0. The molecule has 3 aromatic rings. The maximum Gasteiger partial charge on any atom is 0.273 e. The van der Waals surface area contributed by atoms with Gasteiger partial charge in [-0.3, -0.25) is 14.9 Å². The van der Waals surface area contributed by atoms with Crippen LogP contribution in [0.3, 0.4) is 0 Å². The summed E-state index contributed by atoms with van der Waals surface area (Å²) in [7, 11) is 0. The van der Waals surface area contributed by atoms with Gasteiger partial charge in [-0.25, -0.2) is 0 Å². The second-order valence-corrected chi connectivity index (χ2v) is 5.71. The summed E-state index contributed by atoms with van der Waals surface area (Å²) in [4.78, 5) is 21.4. The second-order valence-electron chi connectivity index (χ2n) is 5.31. The van der Waals surface area contributed by atoms with E-state index in [1.807, 2.05) is 6.92 Å². The Kier molecular flexibility index (Phi) is 4.54.